The molecule has 0 heterocycles. The molecule has 6 heteroatoms. The second kappa shape index (κ2) is 64.1. The third kappa shape index (κ3) is 61.4. The molecular formula is C70H122O6. The van der Waals surface area contributed by atoms with Gasteiger partial charge in [0.1, 0.15) is 13.2 Å². The van der Waals surface area contributed by atoms with E-state index in [-0.39, 0.29) is 31.1 Å². The molecule has 0 saturated carbocycles. The summed E-state index contributed by atoms with van der Waals surface area (Å²) in [5.74, 6) is -0.871. The fourth-order valence-corrected chi connectivity index (χ4v) is 9.25. The molecule has 6 nitrogen and oxygen atoms in total. The minimum absolute atomic E-state index is 0.0739. The Bertz CT molecular complexity index is 1450. The van der Waals surface area contributed by atoms with Gasteiger partial charge in [0.05, 0.1) is 0 Å². The van der Waals surface area contributed by atoms with Crippen molar-refractivity contribution >= 4 is 17.9 Å². The first-order valence-electron chi connectivity index (χ1n) is 32.6. The summed E-state index contributed by atoms with van der Waals surface area (Å²) in [7, 11) is 0. The van der Waals surface area contributed by atoms with Crippen LogP contribution in [0.5, 0.6) is 0 Å². The lowest BCUT2D eigenvalue weighted by Gasteiger charge is -2.18. The molecule has 0 radical (unpaired) electrons. The normalized spacial score (nSPS) is 12.6. The van der Waals surface area contributed by atoms with Crippen LogP contribution in [0.25, 0.3) is 0 Å². The Morgan fingerprint density at radius 2 is 0.526 bits per heavy atom. The highest BCUT2D eigenvalue weighted by atomic mass is 16.6. The summed E-state index contributed by atoms with van der Waals surface area (Å²) in [6.45, 7) is 6.50. The molecule has 0 saturated heterocycles. The van der Waals surface area contributed by atoms with E-state index in [0.29, 0.717) is 19.3 Å². The summed E-state index contributed by atoms with van der Waals surface area (Å²) < 4.78 is 16.9. The lowest BCUT2D eigenvalue weighted by Crippen LogP contribution is -2.30. The molecule has 76 heavy (non-hydrogen) atoms. The van der Waals surface area contributed by atoms with Gasteiger partial charge in [-0.25, -0.2) is 0 Å². The number of hydrogen-bond donors (Lipinski definition) is 0. The van der Waals surface area contributed by atoms with Gasteiger partial charge in [-0.05, 0) is 89.9 Å². The zero-order valence-electron chi connectivity index (χ0n) is 50.3. The van der Waals surface area contributed by atoms with E-state index in [1.54, 1.807) is 0 Å². The van der Waals surface area contributed by atoms with Gasteiger partial charge in [-0.15, -0.1) is 0 Å². The minimum Gasteiger partial charge on any atom is -0.462 e. The predicted octanol–water partition coefficient (Wildman–Crippen LogP) is 22.3. The van der Waals surface area contributed by atoms with E-state index in [0.717, 1.165) is 103 Å². The highest BCUT2D eigenvalue weighted by Gasteiger charge is 2.19. The van der Waals surface area contributed by atoms with Crippen molar-refractivity contribution in [3.05, 3.63) is 85.1 Å². The van der Waals surface area contributed by atoms with Crippen molar-refractivity contribution in [2.24, 2.45) is 0 Å². The molecule has 0 spiro atoms. The molecule has 1 atom stereocenters. The van der Waals surface area contributed by atoms with E-state index in [9.17, 15) is 14.4 Å². The number of carbonyl (C=O) groups is 3. The van der Waals surface area contributed by atoms with Crippen molar-refractivity contribution in [2.75, 3.05) is 13.2 Å². The number of esters is 3. The maximum atomic E-state index is 12.8. The summed E-state index contributed by atoms with van der Waals surface area (Å²) in [5.41, 5.74) is 0. The Morgan fingerprint density at radius 1 is 0.276 bits per heavy atom. The molecule has 0 aromatic rings. The van der Waals surface area contributed by atoms with Crippen LogP contribution in [0.2, 0.25) is 0 Å². The molecular weight excluding hydrogens is 937 g/mol. The van der Waals surface area contributed by atoms with E-state index >= 15 is 0 Å². The van der Waals surface area contributed by atoms with E-state index in [4.69, 9.17) is 14.2 Å². The van der Waals surface area contributed by atoms with Crippen molar-refractivity contribution in [3.8, 4) is 0 Å². The van der Waals surface area contributed by atoms with Crippen molar-refractivity contribution < 1.29 is 28.6 Å². The van der Waals surface area contributed by atoms with Crippen LogP contribution >= 0.6 is 0 Å². The molecule has 0 aromatic carbocycles. The second-order valence-electron chi connectivity index (χ2n) is 21.6. The summed E-state index contributed by atoms with van der Waals surface area (Å²) in [6.07, 6.45) is 84.7. The van der Waals surface area contributed by atoms with Crippen molar-refractivity contribution in [2.45, 2.75) is 329 Å². The Hall–Kier alpha value is -3.41. The summed E-state index contributed by atoms with van der Waals surface area (Å²) in [6, 6.07) is 0. The molecule has 1 unspecified atom stereocenters. The average molecular weight is 1060 g/mol. The molecule has 0 bridgehead atoms. The number of carbonyl (C=O) groups excluding carboxylic acids is 3. The van der Waals surface area contributed by atoms with Crippen molar-refractivity contribution in [3.63, 3.8) is 0 Å². The monoisotopic (exact) mass is 1060 g/mol. The van der Waals surface area contributed by atoms with Gasteiger partial charge in [-0.1, -0.05) is 298 Å². The van der Waals surface area contributed by atoms with Crippen molar-refractivity contribution in [1.82, 2.24) is 0 Å². The Morgan fingerprint density at radius 3 is 0.855 bits per heavy atom. The Balaban J connectivity index is 4.05. The van der Waals surface area contributed by atoms with Gasteiger partial charge in [0.2, 0.25) is 0 Å². The summed E-state index contributed by atoms with van der Waals surface area (Å²) >= 11 is 0. The van der Waals surface area contributed by atoms with Gasteiger partial charge in [0.15, 0.2) is 6.10 Å². The molecule has 0 amide bonds. The maximum absolute atomic E-state index is 12.8. The number of hydrogen-bond acceptors (Lipinski definition) is 6. The van der Waals surface area contributed by atoms with Crippen LogP contribution in [0, 0.1) is 0 Å². The lowest BCUT2D eigenvalue weighted by molar-refractivity contribution is -0.167. The Labute approximate surface area is 471 Å². The molecule has 0 N–H and O–H groups in total. The van der Waals surface area contributed by atoms with Gasteiger partial charge >= 0.3 is 17.9 Å². The van der Waals surface area contributed by atoms with E-state index < -0.39 is 6.10 Å². The first-order chi connectivity index (χ1) is 37.5. The molecule has 0 aliphatic heterocycles. The third-order valence-electron chi connectivity index (χ3n) is 14.1. The predicted molar refractivity (Wildman–Crippen MR) is 330 cm³/mol. The Kier molecular flexibility index (Phi) is 61.2. The maximum Gasteiger partial charge on any atom is 0.306 e. The lowest BCUT2D eigenvalue weighted by atomic mass is 10.0. The zero-order valence-corrected chi connectivity index (χ0v) is 50.3. The summed E-state index contributed by atoms with van der Waals surface area (Å²) in [5, 5.41) is 0. The first-order valence-corrected chi connectivity index (χ1v) is 32.6. The van der Waals surface area contributed by atoms with Crippen LogP contribution in [0.1, 0.15) is 323 Å². The number of allylic oxidation sites excluding steroid dienone is 14. The molecule has 438 valence electrons. The van der Waals surface area contributed by atoms with E-state index in [1.807, 2.05) is 0 Å². The quantitative estimate of drug-likeness (QED) is 0.0261. The van der Waals surface area contributed by atoms with Crippen molar-refractivity contribution in [1.29, 1.82) is 0 Å². The topological polar surface area (TPSA) is 78.9 Å². The van der Waals surface area contributed by atoms with Gasteiger partial charge in [0, 0.05) is 19.3 Å². The van der Waals surface area contributed by atoms with Crippen LogP contribution < -0.4 is 0 Å². The molecule has 0 fully saturated rings. The highest BCUT2D eigenvalue weighted by Crippen LogP contribution is 2.17. The van der Waals surface area contributed by atoms with Crippen LogP contribution in [0.4, 0.5) is 0 Å². The average Bonchev–Trinajstić information content (AvgIpc) is 3.42. The third-order valence-corrected chi connectivity index (χ3v) is 14.1. The largest absolute Gasteiger partial charge is 0.462 e. The second-order valence-corrected chi connectivity index (χ2v) is 21.6. The minimum atomic E-state index is -0.774. The first kappa shape index (κ1) is 72.6. The SMILES string of the molecule is CC/C=C\C/C=C\C/C=C\C/C=C\C/C=C\C/C=C\CCCCCCCCCCCCCCCCCCC(=O)OCC(COC(=O)CCCCCCC/C=C\CCCC)OC(=O)CCCCCCCCCCCCCC. The van der Waals surface area contributed by atoms with Gasteiger partial charge in [0.25, 0.3) is 0 Å². The van der Waals surface area contributed by atoms with E-state index in [2.05, 4.69) is 106 Å². The molecule has 0 aliphatic carbocycles. The molecule has 0 rings (SSSR count). The summed E-state index contributed by atoms with van der Waals surface area (Å²) in [4.78, 5) is 38.1. The van der Waals surface area contributed by atoms with Gasteiger partial charge < -0.3 is 14.2 Å². The fourth-order valence-electron chi connectivity index (χ4n) is 9.25. The van der Waals surface area contributed by atoms with Gasteiger partial charge in [-0.3, -0.25) is 14.4 Å². The number of unbranched alkanes of at least 4 members (excludes halogenated alkanes) is 34. The van der Waals surface area contributed by atoms with Gasteiger partial charge in [-0.2, -0.15) is 0 Å². The molecule has 0 aromatic heterocycles. The van der Waals surface area contributed by atoms with Crippen LogP contribution in [-0.4, -0.2) is 37.2 Å². The number of rotatable bonds is 59. The van der Waals surface area contributed by atoms with Crippen LogP contribution in [-0.2, 0) is 28.6 Å². The van der Waals surface area contributed by atoms with E-state index in [1.165, 1.54) is 180 Å². The molecule has 0 aliphatic rings. The van der Waals surface area contributed by atoms with Crippen LogP contribution in [0.3, 0.4) is 0 Å². The zero-order chi connectivity index (χ0) is 55.0. The smallest absolute Gasteiger partial charge is 0.306 e. The number of ether oxygens (including phenoxy) is 3. The fraction of sp³-hybridized carbons (Fsp3) is 0.757. The van der Waals surface area contributed by atoms with Crippen LogP contribution in [0.15, 0.2) is 85.1 Å². The standard InChI is InChI=1S/C70H122O6/c1-4-7-10-13-16-19-22-24-25-26-27-28-29-30-31-32-33-34-35-36-37-38-39-40-41-42-43-44-45-46-49-51-54-57-60-63-69(72)75-66-67(65-74-68(71)62-59-56-53-50-47-21-18-15-12-9-6-3)76-70(73)64-61-58-55-52-48-23-20-17-14-11-8-5-2/h7,10,15-16,18-19,24-25,27-28,30-31,33-34,67H,4-6,8-9,11-14,17,20-23,26,29,32,35-66H2,1-3H3/b10-7-,18-15-,19-16-,25-24-,28-27-,31-30-,34-33-. The highest BCUT2D eigenvalue weighted by molar-refractivity contribution is 5.71.